The number of carboxylic acid groups (broad SMARTS) is 1. The summed E-state index contributed by atoms with van der Waals surface area (Å²) in [6.07, 6.45) is 6.74. The number of hydrogen-bond acceptors (Lipinski definition) is 2. The molecule has 0 bridgehead atoms. The Morgan fingerprint density at radius 2 is 1.67 bits per heavy atom. The van der Waals surface area contributed by atoms with Gasteiger partial charge < -0.3 is 17.1 Å². The molecule has 0 saturated carbocycles. The van der Waals surface area contributed by atoms with Gasteiger partial charge in [0, 0.05) is 0 Å². The molecule has 1 unspecified atom stereocenters. The predicted molar refractivity (Wildman–Crippen MR) is 58.0 cm³/mol. The molecule has 0 aliphatic rings. The van der Waals surface area contributed by atoms with Crippen LogP contribution >= 0.6 is 0 Å². The van der Waals surface area contributed by atoms with Crippen LogP contribution in [-0.2, 0) is 4.79 Å². The van der Waals surface area contributed by atoms with Crippen molar-refractivity contribution in [2.45, 2.75) is 58.5 Å². The van der Waals surface area contributed by atoms with Crippen LogP contribution in [0.3, 0.4) is 0 Å². The van der Waals surface area contributed by atoms with Gasteiger partial charge in [-0.25, -0.2) is 4.79 Å². The maximum Gasteiger partial charge on any atom is 1.00 e. The van der Waals surface area contributed by atoms with Gasteiger partial charge in [0.05, 0.1) is 0 Å². The second-order valence-corrected chi connectivity index (χ2v) is 3.28. The van der Waals surface area contributed by atoms with Gasteiger partial charge in [0.2, 0.25) is 0 Å². The molecule has 0 aromatic rings. The van der Waals surface area contributed by atoms with Gasteiger partial charge in [-0.1, -0.05) is 39.0 Å². The van der Waals surface area contributed by atoms with Crippen LogP contribution in [-0.4, -0.2) is 22.3 Å². The molecule has 1 atom stereocenters. The quantitative estimate of drug-likeness (QED) is 0.369. The Hall–Kier alpha value is 0.430. The Morgan fingerprint density at radius 1 is 1.27 bits per heavy atom. The summed E-state index contributed by atoms with van der Waals surface area (Å²) < 4.78 is 0. The standard InChI is InChI=1S/C8H17.C3H6O3.Na/c1-3-5-7-8-6-4-2;1-2(4)3(5)6;/h1,3-8H2,2H3;2,4H,1H3,(H,5,6);/q-1;;+1. The smallest absolute Gasteiger partial charge is 0.479 e. The van der Waals surface area contributed by atoms with E-state index in [1.54, 1.807) is 0 Å². The molecule has 0 fully saturated rings. The molecule has 86 valence electrons. The number of unbranched alkanes of at least 4 members (excludes halogenated alkanes) is 5. The van der Waals surface area contributed by atoms with E-state index in [1.807, 2.05) is 0 Å². The zero-order chi connectivity index (χ0) is 11.4. The van der Waals surface area contributed by atoms with Crippen molar-refractivity contribution in [1.29, 1.82) is 0 Å². The van der Waals surface area contributed by atoms with E-state index in [0.717, 1.165) is 6.42 Å². The largest absolute Gasteiger partial charge is 1.00 e. The van der Waals surface area contributed by atoms with Gasteiger partial charge >= 0.3 is 35.5 Å². The molecule has 0 amide bonds. The zero-order valence-corrected chi connectivity index (χ0v) is 12.3. The molecule has 0 aromatic heterocycles. The number of carboxylic acids is 1. The minimum absolute atomic E-state index is 0. The van der Waals surface area contributed by atoms with Crippen molar-refractivity contribution in [3.63, 3.8) is 0 Å². The molecule has 0 heterocycles. The van der Waals surface area contributed by atoms with E-state index in [2.05, 4.69) is 13.8 Å². The third kappa shape index (κ3) is 25.1. The molecule has 0 aliphatic heterocycles. The first-order valence-corrected chi connectivity index (χ1v) is 5.26. The monoisotopic (exact) mass is 226 g/mol. The number of rotatable bonds is 6. The first kappa shape index (κ1) is 20.8. The van der Waals surface area contributed by atoms with Crippen LogP contribution in [0.5, 0.6) is 0 Å². The van der Waals surface area contributed by atoms with E-state index in [4.69, 9.17) is 10.2 Å². The van der Waals surface area contributed by atoms with Crippen molar-refractivity contribution in [3.05, 3.63) is 6.92 Å². The second-order valence-electron chi connectivity index (χ2n) is 3.28. The van der Waals surface area contributed by atoms with Gasteiger partial charge in [-0.15, -0.1) is 0 Å². The van der Waals surface area contributed by atoms with E-state index < -0.39 is 12.1 Å². The second kappa shape index (κ2) is 16.8. The Balaban J connectivity index is -0.000000187. The van der Waals surface area contributed by atoms with Gasteiger partial charge in [-0.3, -0.25) is 0 Å². The number of aliphatic carboxylic acids is 1. The number of aliphatic hydroxyl groups is 1. The first-order valence-electron chi connectivity index (χ1n) is 5.26. The molecule has 4 heteroatoms. The Kier molecular flexibility index (Phi) is 23.4. The van der Waals surface area contributed by atoms with Gasteiger partial charge in [0.25, 0.3) is 0 Å². The summed E-state index contributed by atoms with van der Waals surface area (Å²) >= 11 is 0. The molecule has 0 rings (SSSR count). The summed E-state index contributed by atoms with van der Waals surface area (Å²) in [6, 6.07) is 0. The predicted octanol–water partition coefficient (Wildman–Crippen LogP) is -0.363. The fourth-order valence-corrected chi connectivity index (χ4v) is 0.780. The molecule has 0 aliphatic carbocycles. The average Bonchev–Trinajstić information content (AvgIpc) is 2.13. The number of hydrogen-bond donors (Lipinski definition) is 2. The van der Waals surface area contributed by atoms with Crippen molar-refractivity contribution in [2.24, 2.45) is 0 Å². The van der Waals surface area contributed by atoms with Crippen LogP contribution in [0.2, 0.25) is 0 Å². The molecule has 0 radical (unpaired) electrons. The third-order valence-corrected chi connectivity index (χ3v) is 1.71. The summed E-state index contributed by atoms with van der Waals surface area (Å²) in [5, 5.41) is 15.8. The SMILES string of the molecule is CC(O)C(=O)O.[CH2-]CCCCCCC.[Na+]. The van der Waals surface area contributed by atoms with E-state index in [-0.39, 0.29) is 29.6 Å². The zero-order valence-electron chi connectivity index (χ0n) is 10.3. The Morgan fingerprint density at radius 3 is 1.93 bits per heavy atom. The van der Waals surface area contributed by atoms with E-state index in [9.17, 15) is 4.79 Å². The normalized spacial score (nSPS) is 10.7. The average molecular weight is 226 g/mol. The van der Waals surface area contributed by atoms with Crippen LogP contribution in [0.4, 0.5) is 0 Å². The van der Waals surface area contributed by atoms with E-state index in [1.165, 1.54) is 39.0 Å². The van der Waals surface area contributed by atoms with Crippen LogP contribution in [0, 0.1) is 6.92 Å². The minimum Gasteiger partial charge on any atom is -0.479 e. The molecule has 3 nitrogen and oxygen atoms in total. The molecule has 0 spiro atoms. The van der Waals surface area contributed by atoms with Gasteiger partial charge in [0.15, 0.2) is 0 Å². The topological polar surface area (TPSA) is 57.5 Å². The van der Waals surface area contributed by atoms with Crippen LogP contribution in [0.1, 0.15) is 52.4 Å². The Bertz CT molecular complexity index is 121. The van der Waals surface area contributed by atoms with Crippen LogP contribution in [0.15, 0.2) is 0 Å². The maximum atomic E-state index is 9.45. The van der Waals surface area contributed by atoms with Crippen molar-refractivity contribution < 1.29 is 44.6 Å². The summed E-state index contributed by atoms with van der Waals surface area (Å²) in [7, 11) is 0. The third-order valence-electron chi connectivity index (χ3n) is 1.71. The van der Waals surface area contributed by atoms with Gasteiger partial charge in [0.1, 0.15) is 6.10 Å². The fourth-order valence-electron chi connectivity index (χ4n) is 0.780. The van der Waals surface area contributed by atoms with Crippen molar-refractivity contribution in [3.8, 4) is 0 Å². The van der Waals surface area contributed by atoms with Crippen molar-refractivity contribution in [2.75, 3.05) is 0 Å². The Labute approximate surface area is 116 Å². The van der Waals surface area contributed by atoms with Gasteiger partial charge in [-0.05, 0) is 6.92 Å². The van der Waals surface area contributed by atoms with Crippen molar-refractivity contribution >= 4 is 5.97 Å². The summed E-state index contributed by atoms with van der Waals surface area (Å²) in [5.74, 6) is -1.19. The first-order chi connectivity index (χ1) is 6.56. The van der Waals surface area contributed by atoms with Crippen LogP contribution < -0.4 is 29.6 Å². The van der Waals surface area contributed by atoms with E-state index >= 15 is 0 Å². The molecule has 0 saturated heterocycles. The molecule has 2 N–H and O–H groups in total. The minimum atomic E-state index is -1.23. The number of carbonyl (C=O) groups is 1. The molecular weight excluding hydrogens is 203 g/mol. The van der Waals surface area contributed by atoms with E-state index in [0.29, 0.717) is 0 Å². The van der Waals surface area contributed by atoms with Crippen LogP contribution in [0.25, 0.3) is 0 Å². The summed E-state index contributed by atoms with van der Waals surface area (Å²) in [5.41, 5.74) is 0. The maximum absolute atomic E-state index is 9.45. The number of aliphatic hydroxyl groups excluding tert-OH is 1. The van der Waals surface area contributed by atoms with Gasteiger partial charge in [-0.2, -0.15) is 6.42 Å². The molecular formula is C11H23NaO3. The summed E-state index contributed by atoms with van der Waals surface area (Å²) in [6.45, 7) is 7.22. The molecule has 15 heavy (non-hydrogen) atoms. The fraction of sp³-hybridized carbons (Fsp3) is 0.818. The molecule has 0 aromatic carbocycles. The summed E-state index contributed by atoms with van der Waals surface area (Å²) in [4.78, 5) is 9.45. The van der Waals surface area contributed by atoms with Crippen molar-refractivity contribution in [1.82, 2.24) is 0 Å².